The molecule has 0 saturated heterocycles. The van der Waals surface area contributed by atoms with E-state index in [4.69, 9.17) is 17.3 Å². The quantitative estimate of drug-likeness (QED) is 0.526. The van der Waals surface area contributed by atoms with Gasteiger partial charge in [0.25, 0.3) is 0 Å². The molecule has 0 bridgehead atoms. The van der Waals surface area contributed by atoms with Crippen LogP contribution in [-0.2, 0) is 5.75 Å². The number of aromatic nitrogens is 3. The van der Waals surface area contributed by atoms with Crippen LogP contribution in [0.25, 0.3) is 0 Å². The van der Waals surface area contributed by atoms with Crippen molar-refractivity contribution in [2.45, 2.75) is 17.8 Å². The molecule has 0 atom stereocenters. The number of thioether (sulfide) groups is 1. The van der Waals surface area contributed by atoms with Crippen LogP contribution >= 0.6 is 23.4 Å². The van der Waals surface area contributed by atoms with Gasteiger partial charge in [-0.15, -0.1) is 0 Å². The molecule has 0 aromatic carbocycles. The molecule has 0 unspecified atom stereocenters. The van der Waals surface area contributed by atoms with E-state index in [-0.39, 0.29) is 0 Å². The van der Waals surface area contributed by atoms with E-state index in [0.29, 0.717) is 16.1 Å². The van der Waals surface area contributed by atoms with Crippen molar-refractivity contribution in [3.63, 3.8) is 0 Å². The van der Waals surface area contributed by atoms with Gasteiger partial charge in [-0.1, -0.05) is 29.4 Å². The zero-order valence-corrected chi connectivity index (χ0v) is 10.8. The van der Waals surface area contributed by atoms with E-state index in [1.165, 1.54) is 17.8 Å². The first-order valence-corrected chi connectivity index (χ1v) is 6.34. The van der Waals surface area contributed by atoms with Crippen molar-refractivity contribution in [2.75, 3.05) is 5.73 Å². The van der Waals surface area contributed by atoms with E-state index >= 15 is 0 Å². The Morgan fingerprint density at radius 1 is 1.35 bits per heavy atom. The molecule has 2 aromatic rings. The molecule has 6 heteroatoms. The fourth-order valence-corrected chi connectivity index (χ4v) is 2.25. The molecule has 17 heavy (non-hydrogen) atoms. The van der Waals surface area contributed by atoms with E-state index in [1.54, 1.807) is 0 Å². The van der Waals surface area contributed by atoms with E-state index in [9.17, 15) is 0 Å². The first-order chi connectivity index (χ1) is 8.13. The third-order valence-electron chi connectivity index (χ3n) is 2.03. The second-order valence-electron chi connectivity index (χ2n) is 3.49. The Hall–Kier alpha value is -1.33. The number of pyridine rings is 1. The van der Waals surface area contributed by atoms with Crippen molar-refractivity contribution in [2.24, 2.45) is 0 Å². The van der Waals surface area contributed by atoms with Gasteiger partial charge in [-0.05, 0) is 18.6 Å². The number of halogens is 1. The first-order valence-electron chi connectivity index (χ1n) is 4.98. The molecule has 2 N–H and O–H groups in total. The lowest BCUT2D eigenvalue weighted by molar-refractivity contribution is 0.975. The highest BCUT2D eigenvalue weighted by molar-refractivity contribution is 7.98. The van der Waals surface area contributed by atoms with Gasteiger partial charge in [0, 0.05) is 23.7 Å². The lowest BCUT2D eigenvalue weighted by Gasteiger charge is -2.02. The number of nitrogens with zero attached hydrogens (tertiary/aromatic N) is 3. The van der Waals surface area contributed by atoms with Crippen LogP contribution in [0.3, 0.4) is 0 Å². The summed E-state index contributed by atoms with van der Waals surface area (Å²) in [6, 6.07) is 5.53. The fraction of sp³-hybridized carbons (Fsp3) is 0.182. The minimum Gasteiger partial charge on any atom is -0.384 e. The average Bonchev–Trinajstić information content (AvgIpc) is 2.27. The van der Waals surface area contributed by atoms with Crippen LogP contribution in [0.2, 0.25) is 5.15 Å². The van der Waals surface area contributed by atoms with Crippen LogP contribution in [0.15, 0.2) is 29.6 Å². The first kappa shape index (κ1) is 12.1. The Labute approximate surface area is 109 Å². The Balaban J connectivity index is 2.04. The predicted octanol–water partition coefficient (Wildman–Crippen LogP) is 2.71. The molecular formula is C11H11ClN4S. The highest BCUT2D eigenvalue weighted by Crippen LogP contribution is 2.21. The van der Waals surface area contributed by atoms with E-state index in [0.717, 1.165) is 17.0 Å². The number of hydrogen-bond donors (Lipinski definition) is 1. The molecule has 2 aromatic heterocycles. The normalized spacial score (nSPS) is 10.5. The zero-order chi connectivity index (χ0) is 12.3. The van der Waals surface area contributed by atoms with Crippen LogP contribution in [-0.4, -0.2) is 15.0 Å². The Kier molecular flexibility index (Phi) is 3.81. The summed E-state index contributed by atoms with van der Waals surface area (Å²) in [6.07, 6.45) is 1.84. The molecule has 0 aliphatic rings. The van der Waals surface area contributed by atoms with E-state index < -0.39 is 0 Å². The van der Waals surface area contributed by atoms with Gasteiger partial charge in [0.1, 0.15) is 11.0 Å². The van der Waals surface area contributed by atoms with Crippen LogP contribution in [0.1, 0.15) is 11.3 Å². The molecule has 0 radical (unpaired) electrons. The third kappa shape index (κ3) is 3.57. The Bertz CT molecular complexity index is 495. The maximum atomic E-state index is 5.80. The largest absolute Gasteiger partial charge is 0.384 e. The van der Waals surface area contributed by atoms with Crippen molar-refractivity contribution < 1.29 is 0 Å². The molecular weight excluding hydrogens is 256 g/mol. The van der Waals surface area contributed by atoms with Crippen molar-refractivity contribution in [1.29, 1.82) is 0 Å². The van der Waals surface area contributed by atoms with Gasteiger partial charge in [0.05, 0.1) is 0 Å². The molecule has 0 aliphatic heterocycles. The predicted molar refractivity (Wildman–Crippen MR) is 70.0 cm³/mol. The highest BCUT2D eigenvalue weighted by Gasteiger charge is 2.02. The number of nitrogen functional groups attached to an aromatic ring is 1. The zero-order valence-electron chi connectivity index (χ0n) is 9.22. The summed E-state index contributed by atoms with van der Waals surface area (Å²) in [5.74, 6) is 1.13. The topological polar surface area (TPSA) is 64.7 Å². The minimum atomic E-state index is 0.363. The summed E-state index contributed by atoms with van der Waals surface area (Å²) in [5.41, 5.74) is 7.70. The summed E-state index contributed by atoms with van der Waals surface area (Å²) in [6.45, 7) is 1.96. The van der Waals surface area contributed by atoms with E-state index in [2.05, 4.69) is 15.0 Å². The molecule has 0 saturated carbocycles. The number of aryl methyl sites for hydroxylation is 1. The molecule has 88 valence electrons. The third-order valence-corrected chi connectivity index (χ3v) is 3.15. The molecule has 0 amide bonds. The molecule has 4 nitrogen and oxygen atoms in total. The molecule has 0 spiro atoms. The second-order valence-corrected chi connectivity index (χ2v) is 4.82. The maximum Gasteiger partial charge on any atom is 0.191 e. The fourth-order valence-electron chi connectivity index (χ4n) is 1.21. The molecule has 2 rings (SSSR count). The minimum absolute atomic E-state index is 0.363. The number of hydrogen-bond acceptors (Lipinski definition) is 5. The van der Waals surface area contributed by atoms with Crippen LogP contribution in [0.4, 0.5) is 5.82 Å². The second kappa shape index (κ2) is 5.33. The van der Waals surface area contributed by atoms with E-state index in [1.807, 2.05) is 25.3 Å². The van der Waals surface area contributed by atoms with Gasteiger partial charge in [0.2, 0.25) is 0 Å². The Morgan fingerprint density at radius 3 is 2.82 bits per heavy atom. The number of rotatable bonds is 3. The van der Waals surface area contributed by atoms with Gasteiger partial charge in [-0.2, -0.15) is 0 Å². The summed E-state index contributed by atoms with van der Waals surface area (Å²) >= 11 is 7.28. The molecule has 2 heterocycles. The van der Waals surface area contributed by atoms with Crippen molar-refractivity contribution >= 4 is 29.2 Å². The Morgan fingerprint density at radius 2 is 2.18 bits per heavy atom. The van der Waals surface area contributed by atoms with Crippen LogP contribution < -0.4 is 5.73 Å². The maximum absolute atomic E-state index is 5.80. The van der Waals surface area contributed by atoms with Crippen molar-refractivity contribution in [3.05, 3.63) is 40.8 Å². The van der Waals surface area contributed by atoms with Crippen LogP contribution in [0, 0.1) is 6.92 Å². The number of anilines is 1. The van der Waals surface area contributed by atoms with Crippen molar-refractivity contribution in [1.82, 2.24) is 15.0 Å². The van der Waals surface area contributed by atoms with Crippen molar-refractivity contribution in [3.8, 4) is 0 Å². The highest BCUT2D eigenvalue weighted by atomic mass is 35.5. The monoisotopic (exact) mass is 266 g/mol. The van der Waals surface area contributed by atoms with Gasteiger partial charge in [-0.25, -0.2) is 9.97 Å². The summed E-state index contributed by atoms with van der Waals surface area (Å²) in [4.78, 5) is 12.4. The summed E-state index contributed by atoms with van der Waals surface area (Å²) in [5, 5.41) is 0.942. The van der Waals surface area contributed by atoms with Gasteiger partial charge in [-0.3, -0.25) is 4.98 Å². The van der Waals surface area contributed by atoms with Gasteiger partial charge >= 0.3 is 0 Å². The standard InChI is InChI=1S/C11H11ClN4S/c1-7-2-3-8(5-14-7)6-17-11-15-9(12)4-10(13)16-11/h2-5H,6H2,1H3,(H2,13,15,16). The van der Waals surface area contributed by atoms with Gasteiger partial charge in [0.15, 0.2) is 5.16 Å². The smallest absolute Gasteiger partial charge is 0.191 e. The molecule has 0 fully saturated rings. The van der Waals surface area contributed by atoms with Crippen LogP contribution in [0.5, 0.6) is 0 Å². The lowest BCUT2D eigenvalue weighted by Crippen LogP contribution is -1.95. The average molecular weight is 267 g/mol. The number of nitrogens with two attached hydrogens (primary N) is 1. The SMILES string of the molecule is Cc1ccc(CSc2nc(N)cc(Cl)n2)cn1. The lowest BCUT2D eigenvalue weighted by atomic mass is 10.3. The van der Waals surface area contributed by atoms with Gasteiger partial charge < -0.3 is 5.73 Å². The molecule has 0 aliphatic carbocycles. The summed E-state index contributed by atoms with van der Waals surface area (Å²) in [7, 11) is 0. The summed E-state index contributed by atoms with van der Waals surface area (Å²) < 4.78 is 0.